The molecule has 13 nitrogen and oxygen atoms in total. The van der Waals surface area contributed by atoms with Gasteiger partial charge in [-0.2, -0.15) is 5.10 Å². The molecule has 0 radical (unpaired) electrons. The maximum atomic E-state index is 5.52. The van der Waals surface area contributed by atoms with E-state index in [4.69, 9.17) is 34.4 Å². The number of hydrogen-bond acceptors (Lipinski definition) is 12. The Bertz CT molecular complexity index is 3060. The van der Waals surface area contributed by atoms with Gasteiger partial charge in [0.25, 0.3) is 0 Å². The molecule has 0 saturated carbocycles. The van der Waals surface area contributed by atoms with Crippen LogP contribution in [0, 0.1) is 17.8 Å². The van der Waals surface area contributed by atoms with Crippen molar-refractivity contribution in [2.24, 2.45) is 27.7 Å². The van der Waals surface area contributed by atoms with Crippen LogP contribution in [0.4, 0.5) is 11.5 Å². The lowest BCUT2D eigenvalue weighted by atomic mass is 9.96. The van der Waals surface area contributed by atoms with Crippen LogP contribution in [0.1, 0.15) is 226 Å². The summed E-state index contributed by atoms with van der Waals surface area (Å²) in [5.41, 5.74) is 15.5. The highest BCUT2D eigenvalue weighted by molar-refractivity contribution is 5.89. The van der Waals surface area contributed by atoms with Gasteiger partial charge in [0, 0.05) is 54.8 Å². The number of para-hydroxylation sites is 1. The van der Waals surface area contributed by atoms with E-state index in [1.165, 1.54) is 63.8 Å². The van der Waals surface area contributed by atoms with Gasteiger partial charge in [-0.1, -0.05) is 139 Å². The summed E-state index contributed by atoms with van der Waals surface area (Å²) in [6, 6.07) is 24.5. The number of fused-ring (bicyclic) bond motifs is 7. The summed E-state index contributed by atoms with van der Waals surface area (Å²) < 4.78 is 12.9. The van der Waals surface area contributed by atoms with Crippen LogP contribution >= 0.6 is 0 Å². The molecule has 442 valence electrons. The molecular weight excluding hydrogens is 1010 g/mol. The molecule has 0 fully saturated rings. The second kappa shape index (κ2) is 28.1. The van der Waals surface area contributed by atoms with Crippen molar-refractivity contribution < 1.29 is 9.47 Å². The summed E-state index contributed by atoms with van der Waals surface area (Å²) in [7, 11) is 0. The smallest absolute Gasteiger partial charge is 0.231 e. The Hall–Kier alpha value is -6.63. The van der Waals surface area contributed by atoms with Crippen molar-refractivity contribution in [3.63, 3.8) is 0 Å². The first-order chi connectivity index (χ1) is 38.9. The first-order valence-corrected chi connectivity index (χ1v) is 30.8. The van der Waals surface area contributed by atoms with E-state index in [0.717, 1.165) is 83.9 Å². The van der Waals surface area contributed by atoms with E-state index in [9.17, 15) is 0 Å². The van der Waals surface area contributed by atoms with E-state index in [0.29, 0.717) is 59.6 Å². The molecule has 0 bridgehead atoms. The zero-order chi connectivity index (χ0) is 59.7. The second-order valence-electron chi connectivity index (χ2n) is 25.5. The predicted molar refractivity (Wildman–Crippen MR) is 341 cm³/mol. The third-order valence-electron chi connectivity index (χ3n) is 15.5. The van der Waals surface area contributed by atoms with E-state index in [-0.39, 0.29) is 6.79 Å². The van der Waals surface area contributed by atoms with Gasteiger partial charge in [0.2, 0.25) is 6.79 Å². The maximum Gasteiger partial charge on any atom is 0.231 e. The second-order valence-corrected chi connectivity index (χ2v) is 25.5. The Morgan fingerprint density at radius 3 is 1.55 bits per heavy atom. The summed E-state index contributed by atoms with van der Waals surface area (Å²) in [5.74, 6) is 8.03. The van der Waals surface area contributed by atoms with E-state index in [2.05, 4.69) is 218 Å². The molecule has 0 spiro atoms. The summed E-state index contributed by atoms with van der Waals surface area (Å²) in [6.45, 7) is 47.2. The summed E-state index contributed by atoms with van der Waals surface area (Å²) in [4.78, 5) is 36.0. The number of hydrogen-bond donors (Lipinski definition) is 0. The van der Waals surface area contributed by atoms with Crippen LogP contribution in [0.3, 0.4) is 0 Å². The Morgan fingerprint density at radius 2 is 0.988 bits per heavy atom. The van der Waals surface area contributed by atoms with E-state index >= 15 is 0 Å². The molecule has 3 aromatic heterocycles. The van der Waals surface area contributed by atoms with Crippen LogP contribution in [-0.2, 0) is 32.6 Å². The van der Waals surface area contributed by atoms with Gasteiger partial charge >= 0.3 is 0 Å². The molecule has 6 aromatic rings. The number of nitrogens with zero attached hydrogens (tertiary/aromatic N) is 11. The van der Waals surface area contributed by atoms with Crippen molar-refractivity contribution in [3.05, 3.63) is 129 Å². The Labute approximate surface area is 493 Å². The highest BCUT2D eigenvalue weighted by atomic mass is 16.7. The van der Waals surface area contributed by atoms with Crippen molar-refractivity contribution in [1.82, 2.24) is 44.4 Å². The van der Waals surface area contributed by atoms with Crippen LogP contribution in [0.25, 0.3) is 17.1 Å². The van der Waals surface area contributed by atoms with Gasteiger partial charge in [0.15, 0.2) is 17.3 Å². The molecular formula is C69H99N11O2. The third-order valence-corrected chi connectivity index (χ3v) is 15.5. The zero-order valence-electron chi connectivity index (χ0n) is 53.7. The molecule has 0 saturated heterocycles. The minimum Gasteiger partial charge on any atom is -0.454 e. The highest BCUT2D eigenvalue weighted by Gasteiger charge is 2.27. The lowest BCUT2D eigenvalue weighted by Crippen LogP contribution is -2.43. The monoisotopic (exact) mass is 1110 g/mol. The summed E-state index contributed by atoms with van der Waals surface area (Å²) >= 11 is 0. The van der Waals surface area contributed by atoms with Crippen molar-refractivity contribution in [2.45, 2.75) is 226 Å². The van der Waals surface area contributed by atoms with Crippen LogP contribution in [0.5, 0.6) is 11.5 Å². The third kappa shape index (κ3) is 15.1. The van der Waals surface area contributed by atoms with E-state index < -0.39 is 0 Å². The Morgan fingerprint density at radius 1 is 0.463 bits per heavy atom. The van der Waals surface area contributed by atoms with Gasteiger partial charge in [-0.25, -0.2) is 24.6 Å². The molecule has 0 amide bonds. The first-order valence-electron chi connectivity index (χ1n) is 30.8. The summed E-state index contributed by atoms with van der Waals surface area (Å²) in [5, 5.41) is 4.25. The molecule has 82 heavy (non-hydrogen) atoms. The van der Waals surface area contributed by atoms with Crippen molar-refractivity contribution in [1.29, 1.82) is 0 Å². The first kappa shape index (κ1) is 63.0. The number of allylic oxidation sites excluding steroid dienone is 1. The predicted octanol–water partition coefficient (Wildman–Crippen LogP) is 17.0. The van der Waals surface area contributed by atoms with Crippen LogP contribution < -0.4 is 9.47 Å². The number of ether oxygens (including phenoxy) is 2. The average Bonchev–Trinajstić information content (AvgIpc) is 4.29. The Kier molecular flexibility index (Phi) is 21.6. The lowest BCUT2D eigenvalue weighted by molar-refractivity contribution is 0.174. The lowest BCUT2D eigenvalue weighted by Gasteiger charge is -2.37. The molecule has 13 heteroatoms. The zero-order valence-corrected chi connectivity index (χ0v) is 53.7. The van der Waals surface area contributed by atoms with Gasteiger partial charge in [0.05, 0.1) is 51.6 Å². The van der Waals surface area contributed by atoms with Crippen molar-refractivity contribution in [2.75, 3.05) is 6.79 Å². The van der Waals surface area contributed by atoms with Gasteiger partial charge in [-0.3, -0.25) is 9.97 Å². The van der Waals surface area contributed by atoms with Crippen molar-refractivity contribution >= 4 is 40.3 Å². The quantitative estimate of drug-likeness (QED) is 0.131. The molecule has 5 aliphatic rings. The van der Waals surface area contributed by atoms with Crippen LogP contribution in [0.15, 0.2) is 88.6 Å². The molecule has 0 N–H and O–H groups in total. The van der Waals surface area contributed by atoms with Crippen molar-refractivity contribution in [3.8, 4) is 11.5 Å². The molecule has 4 aliphatic heterocycles. The fourth-order valence-electron chi connectivity index (χ4n) is 11.0. The van der Waals surface area contributed by atoms with Gasteiger partial charge in [-0.05, 0) is 138 Å². The number of rotatable bonds is 10. The molecule has 1 aliphatic carbocycles. The number of aromatic nitrogens is 6. The standard InChI is InChI=1S/C15H18N2O2.C15H21N.C14H20N2.C14H22N2.C11H18N4/c1-8(2)12-13(9(3)4)17-14-10(16-12)5-6-11-15(14)19-7-18-11;1-11(2)15-9-13-7-5-6-8-14(13)10-16(15)12(3)4;1-10(2)14-15-13-8-6-5-7-12(13)9-16(14)11(3)4;1-9(2)13-14(10(3)4)16-12-8-6-5-7-11(12)15-13;1-8(2)11-13-10-5-6-12-15(10)7-14(11)9(3)4/h5-6,8-9H,7H2,1-4H3;5-9,11-12H,10H2,1-4H3;5-8,10-11H,9H2,1-4H3;9-10H,5-8H2,1-4H3;5-6,8-9H,7H2,1-4H3. The maximum absolute atomic E-state index is 5.52. The van der Waals surface area contributed by atoms with Gasteiger partial charge < -0.3 is 24.2 Å². The molecule has 0 unspecified atom stereocenters. The SMILES string of the molecule is CC(C)C1=Cc2ccccc2CN1C(C)C.CC(C)C1=Nc2ccccc2CN1C(C)C.CC(C)C1=Nc2ccnn2CN1C(C)C.CC(C)c1nc2c(nc1C(C)C)CCCC2.CC(C)c1nc2ccc3c(c2nc1C(C)C)OCO3. The molecule has 11 rings (SSSR count). The minimum atomic E-state index is 0.263. The molecule has 7 heterocycles. The largest absolute Gasteiger partial charge is 0.454 e. The fourth-order valence-corrected chi connectivity index (χ4v) is 11.0. The number of amidine groups is 2. The molecule has 0 atom stereocenters. The number of aryl methyl sites for hydroxylation is 2. The van der Waals surface area contributed by atoms with Gasteiger partial charge in [0.1, 0.15) is 23.9 Å². The number of benzene rings is 3. The van der Waals surface area contributed by atoms with Crippen LogP contribution in [0.2, 0.25) is 0 Å². The number of aliphatic imine (C=N–C) groups is 2. The topological polar surface area (TPSA) is 122 Å². The Balaban J connectivity index is 0.000000148. The summed E-state index contributed by atoms with van der Waals surface area (Å²) in [6.07, 6.45) is 8.96. The van der Waals surface area contributed by atoms with Gasteiger partial charge in [-0.15, -0.1) is 0 Å². The average molecular weight is 1110 g/mol. The van der Waals surface area contributed by atoms with E-state index in [1.807, 2.05) is 22.9 Å². The molecule has 3 aromatic carbocycles. The fraction of sp³-hybridized carbons (Fsp3) is 0.551. The highest BCUT2D eigenvalue weighted by Crippen LogP contribution is 2.39. The minimum absolute atomic E-state index is 0.263. The van der Waals surface area contributed by atoms with Crippen LogP contribution in [-0.4, -0.2) is 81.0 Å². The normalized spacial score (nSPS) is 15.1. The van der Waals surface area contributed by atoms with E-state index in [1.54, 1.807) is 6.20 Å².